The zero-order valence-electron chi connectivity index (χ0n) is 15.7. The smallest absolute Gasteiger partial charge is 0.221 e. The Bertz CT molecular complexity index is 1020. The number of primary amides is 1. The van der Waals surface area contributed by atoms with Crippen molar-refractivity contribution in [1.82, 2.24) is 10.2 Å². The van der Waals surface area contributed by atoms with Crippen molar-refractivity contribution in [3.63, 3.8) is 0 Å². The summed E-state index contributed by atoms with van der Waals surface area (Å²) in [6, 6.07) is 15.5. The molecule has 6 nitrogen and oxygen atoms in total. The van der Waals surface area contributed by atoms with E-state index in [0.717, 1.165) is 53.3 Å². The summed E-state index contributed by atoms with van der Waals surface area (Å²) in [5, 5.41) is 12.4. The lowest BCUT2D eigenvalue weighted by Gasteiger charge is -2.14. The quantitative estimate of drug-likeness (QED) is 0.690. The van der Waals surface area contributed by atoms with Crippen LogP contribution in [0.2, 0.25) is 0 Å². The molecule has 2 aromatic carbocycles. The van der Waals surface area contributed by atoms with Crippen LogP contribution in [0.25, 0.3) is 11.3 Å². The number of ether oxygens (including phenoxy) is 1. The number of hydrogen-bond acceptors (Lipinski definition) is 5. The van der Waals surface area contributed by atoms with Gasteiger partial charge in [0, 0.05) is 16.8 Å². The molecule has 4 rings (SSSR count). The van der Waals surface area contributed by atoms with Crippen LogP contribution < -0.4 is 15.8 Å². The maximum atomic E-state index is 11.0. The minimum absolute atomic E-state index is 0.239. The number of aromatic nitrogens is 2. The van der Waals surface area contributed by atoms with Crippen LogP contribution >= 0.6 is 0 Å². The van der Waals surface area contributed by atoms with Crippen LogP contribution in [-0.4, -0.2) is 23.2 Å². The predicted octanol–water partition coefficient (Wildman–Crippen LogP) is 3.41. The highest BCUT2D eigenvalue weighted by Gasteiger charge is 2.23. The first-order valence-corrected chi connectivity index (χ1v) is 9.32. The summed E-state index contributed by atoms with van der Waals surface area (Å²) in [4.78, 5) is 11.0. The molecule has 1 aliphatic rings. The molecule has 0 spiro atoms. The zero-order valence-corrected chi connectivity index (χ0v) is 15.7. The maximum absolute atomic E-state index is 11.0. The summed E-state index contributed by atoms with van der Waals surface area (Å²) >= 11 is 0. The van der Waals surface area contributed by atoms with Crippen molar-refractivity contribution in [3.8, 4) is 17.0 Å². The third-order valence-corrected chi connectivity index (χ3v) is 5.00. The summed E-state index contributed by atoms with van der Waals surface area (Å²) in [5.74, 6) is 1.25. The Labute approximate surface area is 163 Å². The number of rotatable bonds is 6. The second-order valence-corrected chi connectivity index (χ2v) is 6.87. The van der Waals surface area contributed by atoms with Gasteiger partial charge in [-0.05, 0) is 54.7 Å². The van der Waals surface area contributed by atoms with Gasteiger partial charge >= 0.3 is 0 Å². The molecule has 3 aromatic rings. The number of fused-ring (bicyclic) bond motifs is 1. The Morgan fingerprint density at radius 1 is 1.07 bits per heavy atom. The Balaban J connectivity index is 1.65. The normalized spacial score (nSPS) is 12.5. The van der Waals surface area contributed by atoms with E-state index in [4.69, 9.17) is 10.5 Å². The van der Waals surface area contributed by atoms with Gasteiger partial charge in [0.05, 0.1) is 13.5 Å². The van der Waals surface area contributed by atoms with Crippen molar-refractivity contribution >= 4 is 17.4 Å². The van der Waals surface area contributed by atoms with Crippen molar-refractivity contribution in [1.29, 1.82) is 0 Å². The molecule has 0 atom stereocenters. The minimum Gasteiger partial charge on any atom is -0.496 e. The van der Waals surface area contributed by atoms with Gasteiger partial charge in [-0.25, -0.2) is 0 Å². The number of carbonyl (C=O) groups excluding carboxylic acids is 1. The van der Waals surface area contributed by atoms with E-state index in [1.54, 1.807) is 7.11 Å². The molecule has 1 aliphatic carbocycles. The maximum Gasteiger partial charge on any atom is 0.221 e. The van der Waals surface area contributed by atoms with E-state index in [9.17, 15) is 4.79 Å². The van der Waals surface area contributed by atoms with Crippen LogP contribution in [0.3, 0.4) is 0 Å². The van der Waals surface area contributed by atoms with Crippen molar-refractivity contribution in [2.45, 2.75) is 25.7 Å². The first-order chi connectivity index (χ1) is 13.7. The first-order valence-electron chi connectivity index (χ1n) is 9.32. The molecule has 1 heterocycles. The topological polar surface area (TPSA) is 90.1 Å². The van der Waals surface area contributed by atoms with E-state index in [1.807, 2.05) is 48.5 Å². The average Bonchev–Trinajstić information content (AvgIpc) is 3.20. The molecule has 1 amide bonds. The fourth-order valence-corrected chi connectivity index (χ4v) is 3.69. The Morgan fingerprint density at radius 2 is 1.82 bits per heavy atom. The second-order valence-electron chi connectivity index (χ2n) is 6.87. The highest BCUT2D eigenvalue weighted by atomic mass is 16.5. The van der Waals surface area contributed by atoms with Crippen LogP contribution in [0.1, 0.15) is 23.1 Å². The number of methoxy groups -OCH3 is 1. The molecule has 0 bridgehead atoms. The standard InChI is InChI=1S/C22H22N4O2/c1-28-19-8-3-2-5-18(19)21-16-6-4-7-17(16)22(26-25-21)24-15-11-9-14(10-12-15)13-20(23)27/h2-3,5,8-12H,4,6-7,13H2,1H3,(H2,23,27)(H,24,26). The van der Waals surface area contributed by atoms with E-state index >= 15 is 0 Å². The van der Waals surface area contributed by atoms with Gasteiger partial charge in [0.2, 0.25) is 5.91 Å². The number of nitrogens with zero attached hydrogens (tertiary/aromatic N) is 2. The summed E-state index contributed by atoms with van der Waals surface area (Å²) in [6.45, 7) is 0. The third kappa shape index (κ3) is 3.53. The van der Waals surface area contributed by atoms with Crippen molar-refractivity contribution in [2.75, 3.05) is 12.4 Å². The minimum atomic E-state index is -0.337. The fourth-order valence-electron chi connectivity index (χ4n) is 3.69. The number of benzene rings is 2. The van der Waals surface area contributed by atoms with Crippen LogP contribution in [0, 0.1) is 0 Å². The molecule has 0 saturated carbocycles. The Morgan fingerprint density at radius 3 is 2.57 bits per heavy atom. The van der Waals surface area contributed by atoms with Gasteiger partial charge in [0.25, 0.3) is 0 Å². The van der Waals surface area contributed by atoms with E-state index in [0.29, 0.717) is 0 Å². The highest BCUT2D eigenvalue weighted by Crippen LogP contribution is 2.38. The van der Waals surface area contributed by atoms with Crippen LogP contribution in [-0.2, 0) is 24.1 Å². The van der Waals surface area contributed by atoms with Gasteiger partial charge in [-0.2, -0.15) is 0 Å². The predicted molar refractivity (Wildman–Crippen MR) is 109 cm³/mol. The van der Waals surface area contributed by atoms with Gasteiger partial charge in [-0.1, -0.05) is 24.3 Å². The van der Waals surface area contributed by atoms with E-state index in [2.05, 4.69) is 15.5 Å². The highest BCUT2D eigenvalue weighted by molar-refractivity contribution is 5.77. The summed E-state index contributed by atoms with van der Waals surface area (Å²) in [6.07, 6.45) is 3.26. The summed E-state index contributed by atoms with van der Waals surface area (Å²) in [7, 11) is 1.67. The van der Waals surface area contributed by atoms with Gasteiger partial charge in [0.15, 0.2) is 5.82 Å². The number of anilines is 2. The molecule has 0 radical (unpaired) electrons. The summed E-state index contributed by atoms with van der Waals surface area (Å²) in [5.41, 5.74) is 11.3. The van der Waals surface area contributed by atoms with E-state index in [1.165, 1.54) is 11.1 Å². The molecule has 0 unspecified atom stereocenters. The average molecular weight is 374 g/mol. The van der Waals surface area contributed by atoms with Crippen LogP contribution in [0.15, 0.2) is 48.5 Å². The lowest BCUT2D eigenvalue weighted by atomic mass is 10.0. The second kappa shape index (κ2) is 7.68. The first kappa shape index (κ1) is 18.0. The SMILES string of the molecule is COc1ccccc1-c1nnc(Nc2ccc(CC(N)=O)cc2)c2c1CCC2. The molecular formula is C22H22N4O2. The molecular weight excluding hydrogens is 352 g/mol. The van der Waals surface area contributed by atoms with Gasteiger partial charge in [0.1, 0.15) is 11.4 Å². The largest absolute Gasteiger partial charge is 0.496 e. The Hall–Kier alpha value is -3.41. The molecule has 142 valence electrons. The van der Waals surface area contributed by atoms with Crippen molar-refractivity contribution < 1.29 is 9.53 Å². The number of para-hydroxylation sites is 1. The van der Waals surface area contributed by atoms with Crippen molar-refractivity contribution in [3.05, 3.63) is 65.2 Å². The van der Waals surface area contributed by atoms with Gasteiger partial charge in [-0.3, -0.25) is 4.79 Å². The zero-order chi connectivity index (χ0) is 19.5. The molecule has 0 saturated heterocycles. The fraction of sp³-hybridized carbons (Fsp3) is 0.227. The van der Waals surface area contributed by atoms with Crippen LogP contribution in [0.5, 0.6) is 5.75 Å². The molecule has 28 heavy (non-hydrogen) atoms. The lowest BCUT2D eigenvalue weighted by molar-refractivity contribution is -0.117. The van der Waals surface area contributed by atoms with Gasteiger partial charge in [-0.15, -0.1) is 10.2 Å². The van der Waals surface area contributed by atoms with E-state index in [-0.39, 0.29) is 12.3 Å². The number of nitrogens with two attached hydrogens (primary N) is 1. The lowest BCUT2D eigenvalue weighted by Crippen LogP contribution is -2.13. The number of amides is 1. The molecule has 0 aliphatic heterocycles. The number of nitrogens with one attached hydrogen (secondary N) is 1. The Kier molecular flexibility index (Phi) is 4.93. The third-order valence-electron chi connectivity index (χ3n) is 5.00. The molecule has 6 heteroatoms. The van der Waals surface area contributed by atoms with Gasteiger partial charge < -0.3 is 15.8 Å². The summed E-state index contributed by atoms with van der Waals surface area (Å²) < 4.78 is 5.51. The monoisotopic (exact) mass is 374 g/mol. The number of hydrogen-bond donors (Lipinski definition) is 2. The molecule has 1 aromatic heterocycles. The molecule has 0 fully saturated rings. The van der Waals surface area contributed by atoms with Crippen LogP contribution in [0.4, 0.5) is 11.5 Å². The number of carbonyl (C=O) groups is 1. The molecule has 3 N–H and O–H groups in total. The van der Waals surface area contributed by atoms with Crippen molar-refractivity contribution in [2.24, 2.45) is 5.73 Å². The van der Waals surface area contributed by atoms with E-state index < -0.39 is 0 Å².